The number of hydrogen-bond donors (Lipinski definition) is 0. The van der Waals surface area contributed by atoms with Crippen molar-refractivity contribution in [2.24, 2.45) is 0 Å². The maximum Gasteiger partial charge on any atom is 0.244 e. The third kappa shape index (κ3) is 3.39. The summed E-state index contributed by atoms with van der Waals surface area (Å²) in [6.45, 7) is 5.53. The highest BCUT2D eigenvalue weighted by Gasteiger charge is 2.45. The van der Waals surface area contributed by atoms with Crippen LogP contribution in [0.3, 0.4) is 0 Å². The number of anilines is 2. The molecule has 0 unspecified atom stereocenters. The van der Waals surface area contributed by atoms with Crippen LogP contribution in [-0.4, -0.2) is 47.7 Å². The van der Waals surface area contributed by atoms with Crippen LogP contribution < -0.4 is 4.90 Å². The van der Waals surface area contributed by atoms with Gasteiger partial charge in [-0.15, -0.1) is 0 Å². The van der Waals surface area contributed by atoms with E-state index in [1.54, 1.807) is 12.4 Å². The quantitative estimate of drug-likeness (QED) is 0.622. The molecule has 0 fully saturated rings. The number of carbonyl (C=O) groups is 1. The van der Waals surface area contributed by atoms with Gasteiger partial charge >= 0.3 is 0 Å². The number of sulfonamides is 1. The molecule has 0 saturated carbocycles. The van der Waals surface area contributed by atoms with Crippen LogP contribution in [0.15, 0.2) is 53.9 Å². The van der Waals surface area contributed by atoms with Crippen molar-refractivity contribution in [1.29, 1.82) is 0 Å². The van der Waals surface area contributed by atoms with Crippen molar-refractivity contribution in [2.75, 3.05) is 19.0 Å². The van der Waals surface area contributed by atoms with Gasteiger partial charge in [0.2, 0.25) is 15.9 Å². The first-order chi connectivity index (χ1) is 14.5. The first kappa shape index (κ1) is 21.1. The maximum atomic E-state index is 13.4. The van der Waals surface area contributed by atoms with Crippen LogP contribution >= 0.6 is 0 Å². The molecule has 8 nitrogen and oxygen atoms in total. The molecule has 0 spiro atoms. The van der Waals surface area contributed by atoms with Gasteiger partial charge in [0.05, 0.1) is 23.0 Å². The van der Waals surface area contributed by atoms with E-state index >= 15 is 0 Å². The second-order valence-corrected chi connectivity index (χ2v) is 10.3. The number of hydrogen-bond acceptors (Lipinski definition) is 6. The molecule has 3 aromatic rings. The first-order valence-corrected chi connectivity index (χ1v) is 11.1. The molecule has 9 heteroatoms. The fourth-order valence-corrected chi connectivity index (χ4v) is 4.49. The Hall–Kier alpha value is -3.17. The predicted molar refractivity (Wildman–Crippen MR) is 117 cm³/mol. The number of nitrogens with zero attached hydrogens (tertiary/aromatic N) is 5. The van der Waals surface area contributed by atoms with Crippen LogP contribution in [0.2, 0.25) is 0 Å². The largest absolute Gasteiger partial charge is 0.278 e. The molecule has 1 amide bonds. The predicted octanol–water partition coefficient (Wildman–Crippen LogP) is 3.05. The van der Waals surface area contributed by atoms with Gasteiger partial charge in [-0.1, -0.05) is 12.1 Å². The van der Waals surface area contributed by atoms with Crippen molar-refractivity contribution in [2.45, 2.75) is 31.1 Å². The minimum Gasteiger partial charge on any atom is -0.278 e. The van der Waals surface area contributed by atoms with E-state index in [0.29, 0.717) is 17.2 Å². The zero-order valence-corrected chi connectivity index (χ0v) is 18.8. The number of carbonyl (C=O) groups excluding carboxylic acids is 1. The molecular weight excluding hydrogens is 414 g/mol. The summed E-state index contributed by atoms with van der Waals surface area (Å²) >= 11 is 0. The first-order valence-electron chi connectivity index (χ1n) is 9.69. The third-order valence-electron chi connectivity index (χ3n) is 5.50. The molecule has 0 atom stereocenters. The maximum absolute atomic E-state index is 13.4. The standard InChI is InChI=1S/C22H23N5O3S/c1-14-24-10-16(11-25-14)15-6-7-19-20(8-15)27(21(28)22(19,2)3)17-9-18(13-23-12-17)31(29,30)26(4)5/h6-13H,1-5H3. The summed E-state index contributed by atoms with van der Waals surface area (Å²) in [5.41, 5.74) is 2.86. The molecule has 31 heavy (non-hydrogen) atoms. The molecule has 1 aliphatic heterocycles. The SMILES string of the molecule is Cc1ncc(-c2ccc3c(c2)N(c2cncc(S(=O)(=O)N(C)C)c2)C(=O)C3(C)C)cn1. The van der Waals surface area contributed by atoms with Gasteiger partial charge in [0.15, 0.2) is 0 Å². The highest BCUT2D eigenvalue weighted by Crippen LogP contribution is 2.46. The van der Waals surface area contributed by atoms with E-state index in [4.69, 9.17) is 0 Å². The summed E-state index contributed by atoms with van der Waals surface area (Å²) < 4.78 is 26.3. The highest BCUT2D eigenvalue weighted by molar-refractivity contribution is 7.89. The van der Waals surface area contributed by atoms with Crippen LogP contribution in [0.1, 0.15) is 25.2 Å². The lowest BCUT2D eigenvalue weighted by Gasteiger charge is -2.21. The molecule has 0 radical (unpaired) electrons. The molecule has 160 valence electrons. The Kier molecular flexibility index (Phi) is 4.90. The van der Waals surface area contributed by atoms with Crippen molar-refractivity contribution in [3.8, 4) is 11.1 Å². The molecule has 0 saturated heterocycles. The Morgan fingerprint density at radius 3 is 2.29 bits per heavy atom. The lowest BCUT2D eigenvalue weighted by atomic mass is 9.85. The number of benzene rings is 1. The minimum absolute atomic E-state index is 0.0251. The number of amides is 1. The number of aromatic nitrogens is 3. The van der Waals surface area contributed by atoms with Crippen molar-refractivity contribution in [3.05, 3.63) is 60.4 Å². The molecule has 1 aliphatic rings. The highest BCUT2D eigenvalue weighted by atomic mass is 32.2. The average Bonchev–Trinajstić information content (AvgIpc) is 2.93. The molecule has 4 rings (SSSR count). The van der Waals surface area contributed by atoms with Gasteiger partial charge < -0.3 is 0 Å². The topological polar surface area (TPSA) is 96.4 Å². The molecule has 0 N–H and O–H groups in total. The third-order valence-corrected chi connectivity index (χ3v) is 7.28. The van der Waals surface area contributed by atoms with E-state index < -0.39 is 15.4 Å². The Bertz CT molecular complexity index is 1280. The van der Waals surface area contributed by atoms with E-state index in [-0.39, 0.29) is 10.8 Å². The summed E-state index contributed by atoms with van der Waals surface area (Å²) in [4.78, 5) is 27.6. The number of rotatable bonds is 4. The number of pyridine rings is 1. The summed E-state index contributed by atoms with van der Waals surface area (Å²) in [6.07, 6.45) is 6.26. The van der Waals surface area contributed by atoms with Gasteiger partial charge in [0.1, 0.15) is 10.7 Å². The lowest BCUT2D eigenvalue weighted by Crippen LogP contribution is -2.33. The van der Waals surface area contributed by atoms with Gasteiger partial charge in [-0.3, -0.25) is 14.7 Å². The number of fused-ring (bicyclic) bond motifs is 1. The van der Waals surface area contributed by atoms with E-state index in [0.717, 1.165) is 21.0 Å². The Morgan fingerprint density at radius 2 is 1.65 bits per heavy atom. The van der Waals surface area contributed by atoms with Crippen LogP contribution in [0.25, 0.3) is 11.1 Å². The Balaban J connectivity index is 1.87. The van der Waals surface area contributed by atoms with Crippen molar-refractivity contribution >= 4 is 27.3 Å². The normalized spacial score (nSPS) is 15.4. The average molecular weight is 438 g/mol. The van der Waals surface area contributed by atoms with Gasteiger partial charge in [-0.25, -0.2) is 22.7 Å². The van der Waals surface area contributed by atoms with Gasteiger partial charge in [-0.2, -0.15) is 0 Å². The van der Waals surface area contributed by atoms with E-state index in [1.807, 2.05) is 39.0 Å². The van der Waals surface area contributed by atoms with Crippen molar-refractivity contribution in [3.63, 3.8) is 0 Å². The van der Waals surface area contributed by atoms with Crippen LogP contribution in [0.4, 0.5) is 11.4 Å². The molecule has 0 bridgehead atoms. The molecule has 2 aromatic heterocycles. The Morgan fingerprint density at radius 1 is 0.968 bits per heavy atom. The zero-order chi connectivity index (χ0) is 22.6. The van der Waals surface area contributed by atoms with Gasteiger partial charge in [0, 0.05) is 38.2 Å². The number of aryl methyl sites for hydroxylation is 1. The second-order valence-electron chi connectivity index (χ2n) is 8.18. The van der Waals surface area contributed by atoms with Crippen LogP contribution in [-0.2, 0) is 20.2 Å². The fourth-order valence-electron chi connectivity index (χ4n) is 3.61. The smallest absolute Gasteiger partial charge is 0.244 e. The second kappa shape index (κ2) is 7.21. The van der Waals surface area contributed by atoms with Crippen LogP contribution in [0.5, 0.6) is 0 Å². The van der Waals surface area contributed by atoms with E-state index in [1.165, 1.54) is 37.5 Å². The molecule has 1 aromatic carbocycles. The van der Waals surface area contributed by atoms with Crippen molar-refractivity contribution < 1.29 is 13.2 Å². The van der Waals surface area contributed by atoms with E-state index in [9.17, 15) is 13.2 Å². The zero-order valence-electron chi connectivity index (χ0n) is 18.0. The lowest BCUT2D eigenvalue weighted by molar-refractivity contribution is -0.121. The summed E-state index contributed by atoms with van der Waals surface area (Å²) in [6, 6.07) is 7.25. The molecule has 3 heterocycles. The Labute approximate surface area is 181 Å². The molecule has 0 aliphatic carbocycles. The summed E-state index contributed by atoms with van der Waals surface area (Å²) in [5.74, 6) is 0.522. The van der Waals surface area contributed by atoms with Gasteiger partial charge in [0.25, 0.3) is 0 Å². The van der Waals surface area contributed by atoms with Crippen LogP contribution in [0, 0.1) is 6.92 Å². The van der Waals surface area contributed by atoms with Crippen molar-refractivity contribution in [1.82, 2.24) is 19.3 Å². The van der Waals surface area contributed by atoms with E-state index in [2.05, 4.69) is 15.0 Å². The molecular formula is C22H23N5O3S. The summed E-state index contributed by atoms with van der Waals surface area (Å²) in [5, 5.41) is 0. The summed E-state index contributed by atoms with van der Waals surface area (Å²) in [7, 11) is -0.780. The van der Waals surface area contributed by atoms with Gasteiger partial charge in [-0.05, 0) is 44.0 Å². The monoisotopic (exact) mass is 437 g/mol. The minimum atomic E-state index is -3.69. The fraction of sp³-hybridized carbons (Fsp3) is 0.273.